The van der Waals surface area contributed by atoms with Gasteiger partial charge in [0.25, 0.3) is 0 Å². The van der Waals surface area contributed by atoms with Crippen LogP contribution in [0.15, 0.2) is 10.6 Å². The van der Waals surface area contributed by atoms with E-state index in [-0.39, 0.29) is 0 Å². The molecule has 4 nitrogen and oxygen atoms in total. The molecule has 2 unspecified atom stereocenters. The highest BCUT2D eigenvalue weighted by Crippen LogP contribution is 2.26. The fourth-order valence-electron chi connectivity index (χ4n) is 2.68. The third-order valence-corrected chi connectivity index (χ3v) is 3.74. The first-order valence-corrected chi connectivity index (χ1v) is 6.67. The summed E-state index contributed by atoms with van der Waals surface area (Å²) < 4.78 is 11.2. The highest BCUT2D eigenvalue weighted by atomic mass is 16.5. The first kappa shape index (κ1) is 11.2. The van der Waals surface area contributed by atoms with Crippen LogP contribution in [0, 0.1) is 0 Å². The van der Waals surface area contributed by atoms with Crippen LogP contribution in [0.1, 0.15) is 43.3 Å². The molecule has 0 radical (unpaired) electrons. The maximum atomic E-state index is 5.84. The van der Waals surface area contributed by atoms with E-state index in [4.69, 9.17) is 9.15 Å². The van der Waals surface area contributed by atoms with Crippen LogP contribution in [0.3, 0.4) is 0 Å². The number of nitrogens with zero attached hydrogens (tertiary/aromatic N) is 1. The zero-order chi connectivity index (χ0) is 11.5. The average Bonchev–Trinajstić information content (AvgIpc) is 3.00. The predicted octanol–water partition coefficient (Wildman–Crippen LogP) is 1.86. The SMILES string of the molecule is c1nc(CC2CCCCN2)oc1C1CCOC1. The van der Waals surface area contributed by atoms with E-state index in [1.54, 1.807) is 0 Å². The van der Waals surface area contributed by atoms with Crippen molar-refractivity contribution in [1.29, 1.82) is 0 Å². The number of oxazole rings is 1. The first-order valence-electron chi connectivity index (χ1n) is 6.67. The zero-order valence-corrected chi connectivity index (χ0v) is 10.2. The predicted molar refractivity (Wildman–Crippen MR) is 64.0 cm³/mol. The van der Waals surface area contributed by atoms with Crippen molar-refractivity contribution in [3.63, 3.8) is 0 Å². The number of aromatic nitrogens is 1. The molecule has 94 valence electrons. The standard InChI is InChI=1S/C13H20N2O2/c1-2-5-14-11(3-1)7-13-15-8-12(17-13)10-4-6-16-9-10/h8,10-11,14H,1-7,9H2. The summed E-state index contributed by atoms with van der Waals surface area (Å²) in [6.45, 7) is 2.77. The van der Waals surface area contributed by atoms with Crippen molar-refractivity contribution >= 4 is 0 Å². The van der Waals surface area contributed by atoms with Crippen molar-refractivity contribution in [3.8, 4) is 0 Å². The van der Waals surface area contributed by atoms with Crippen LogP contribution in [0.4, 0.5) is 0 Å². The number of ether oxygens (including phenoxy) is 1. The summed E-state index contributed by atoms with van der Waals surface area (Å²) in [5, 5.41) is 3.52. The Bertz CT molecular complexity index is 352. The van der Waals surface area contributed by atoms with Gasteiger partial charge in [-0.15, -0.1) is 0 Å². The molecule has 0 bridgehead atoms. The van der Waals surface area contributed by atoms with Gasteiger partial charge in [0.1, 0.15) is 5.76 Å². The molecule has 0 aliphatic carbocycles. The lowest BCUT2D eigenvalue weighted by molar-refractivity contribution is 0.191. The van der Waals surface area contributed by atoms with E-state index in [1.165, 1.54) is 19.3 Å². The van der Waals surface area contributed by atoms with Crippen molar-refractivity contribution in [2.24, 2.45) is 0 Å². The normalized spacial score (nSPS) is 29.6. The highest BCUT2D eigenvalue weighted by Gasteiger charge is 2.22. The summed E-state index contributed by atoms with van der Waals surface area (Å²) in [6.07, 6.45) is 7.74. The molecule has 0 saturated carbocycles. The van der Waals surface area contributed by atoms with E-state index < -0.39 is 0 Å². The Hall–Kier alpha value is -0.870. The lowest BCUT2D eigenvalue weighted by Gasteiger charge is -2.21. The third-order valence-electron chi connectivity index (χ3n) is 3.74. The fraction of sp³-hybridized carbons (Fsp3) is 0.769. The maximum absolute atomic E-state index is 5.84. The zero-order valence-electron chi connectivity index (χ0n) is 10.2. The van der Waals surface area contributed by atoms with Gasteiger partial charge in [-0.05, 0) is 25.8 Å². The number of piperidine rings is 1. The molecule has 2 atom stereocenters. The van der Waals surface area contributed by atoms with Gasteiger partial charge >= 0.3 is 0 Å². The van der Waals surface area contributed by atoms with Crippen LogP contribution in [-0.4, -0.2) is 30.8 Å². The molecule has 3 rings (SSSR count). The quantitative estimate of drug-likeness (QED) is 0.870. The number of hydrogen-bond donors (Lipinski definition) is 1. The average molecular weight is 236 g/mol. The fourth-order valence-corrected chi connectivity index (χ4v) is 2.68. The van der Waals surface area contributed by atoms with Gasteiger partial charge < -0.3 is 14.5 Å². The van der Waals surface area contributed by atoms with Crippen molar-refractivity contribution in [1.82, 2.24) is 10.3 Å². The summed E-state index contributed by atoms with van der Waals surface area (Å²) >= 11 is 0. The lowest BCUT2D eigenvalue weighted by Crippen LogP contribution is -2.35. The summed E-state index contributed by atoms with van der Waals surface area (Å²) in [6, 6.07) is 0.551. The van der Waals surface area contributed by atoms with E-state index in [2.05, 4.69) is 10.3 Å². The van der Waals surface area contributed by atoms with Crippen LogP contribution in [-0.2, 0) is 11.2 Å². The van der Waals surface area contributed by atoms with Crippen molar-refractivity contribution < 1.29 is 9.15 Å². The smallest absolute Gasteiger partial charge is 0.195 e. The van der Waals surface area contributed by atoms with Crippen LogP contribution >= 0.6 is 0 Å². The largest absolute Gasteiger partial charge is 0.445 e. The third kappa shape index (κ3) is 2.69. The molecule has 2 saturated heterocycles. The van der Waals surface area contributed by atoms with Gasteiger partial charge in [-0.2, -0.15) is 0 Å². The van der Waals surface area contributed by atoms with Gasteiger partial charge in [-0.25, -0.2) is 4.98 Å². The molecule has 17 heavy (non-hydrogen) atoms. The monoisotopic (exact) mass is 236 g/mol. The Balaban J connectivity index is 1.59. The lowest BCUT2D eigenvalue weighted by atomic mass is 10.0. The van der Waals surface area contributed by atoms with Crippen molar-refractivity contribution in [2.45, 2.75) is 44.1 Å². The van der Waals surface area contributed by atoms with Crippen molar-refractivity contribution in [3.05, 3.63) is 17.8 Å². The van der Waals surface area contributed by atoms with Crippen LogP contribution in [0.5, 0.6) is 0 Å². The molecular formula is C13H20N2O2. The van der Waals surface area contributed by atoms with Crippen LogP contribution < -0.4 is 5.32 Å². The van der Waals surface area contributed by atoms with Crippen molar-refractivity contribution in [2.75, 3.05) is 19.8 Å². The molecule has 4 heteroatoms. The first-order chi connectivity index (χ1) is 8.42. The summed E-state index contributed by atoms with van der Waals surface area (Å²) in [5.74, 6) is 2.31. The Kier molecular flexibility index (Phi) is 3.43. The molecule has 1 aromatic heterocycles. The van der Waals surface area contributed by atoms with Gasteiger partial charge in [-0.1, -0.05) is 6.42 Å². The molecule has 2 fully saturated rings. The molecule has 1 N–H and O–H groups in total. The maximum Gasteiger partial charge on any atom is 0.195 e. The number of rotatable bonds is 3. The van der Waals surface area contributed by atoms with Crippen LogP contribution in [0.25, 0.3) is 0 Å². The molecule has 2 aliphatic rings. The Morgan fingerprint density at radius 2 is 2.35 bits per heavy atom. The Morgan fingerprint density at radius 3 is 3.12 bits per heavy atom. The summed E-state index contributed by atoms with van der Waals surface area (Å²) in [4.78, 5) is 4.39. The van der Waals surface area contributed by atoms with E-state index in [0.29, 0.717) is 12.0 Å². The topological polar surface area (TPSA) is 47.3 Å². The molecule has 0 spiro atoms. The molecule has 2 aliphatic heterocycles. The second-order valence-electron chi connectivity index (χ2n) is 5.07. The summed E-state index contributed by atoms with van der Waals surface area (Å²) in [7, 11) is 0. The minimum absolute atomic E-state index is 0.426. The Morgan fingerprint density at radius 1 is 1.35 bits per heavy atom. The van der Waals surface area contributed by atoms with Gasteiger partial charge in [0.15, 0.2) is 5.89 Å². The van der Waals surface area contributed by atoms with Gasteiger partial charge in [0.2, 0.25) is 0 Å². The number of hydrogen-bond acceptors (Lipinski definition) is 4. The minimum atomic E-state index is 0.426. The van der Waals surface area contributed by atoms with Gasteiger partial charge in [0.05, 0.1) is 12.8 Å². The van der Waals surface area contributed by atoms with E-state index in [1.807, 2.05) is 6.20 Å². The van der Waals surface area contributed by atoms with Gasteiger partial charge in [-0.3, -0.25) is 0 Å². The molecule has 0 aromatic carbocycles. The Labute approximate surface area is 102 Å². The van der Waals surface area contributed by atoms with E-state index >= 15 is 0 Å². The minimum Gasteiger partial charge on any atom is -0.445 e. The van der Waals surface area contributed by atoms with E-state index in [0.717, 1.165) is 44.3 Å². The highest BCUT2D eigenvalue weighted by molar-refractivity contribution is 5.04. The van der Waals surface area contributed by atoms with E-state index in [9.17, 15) is 0 Å². The molecular weight excluding hydrogens is 216 g/mol. The molecule has 1 aromatic rings. The second kappa shape index (κ2) is 5.19. The second-order valence-corrected chi connectivity index (χ2v) is 5.07. The number of nitrogens with one attached hydrogen (secondary N) is 1. The molecule has 3 heterocycles. The molecule has 0 amide bonds. The summed E-state index contributed by atoms with van der Waals surface area (Å²) in [5.41, 5.74) is 0. The van der Waals surface area contributed by atoms with Crippen LogP contribution in [0.2, 0.25) is 0 Å². The van der Waals surface area contributed by atoms with Gasteiger partial charge in [0, 0.05) is 25.0 Å².